The van der Waals surface area contributed by atoms with E-state index in [0.29, 0.717) is 12.0 Å². The van der Waals surface area contributed by atoms with Gasteiger partial charge in [0.25, 0.3) is 0 Å². The molecule has 1 nitrogen and oxygen atoms in total. The van der Waals surface area contributed by atoms with Gasteiger partial charge >= 0.3 is 0 Å². The zero-order valence-corrected chi connectivity index (χ0v) is 8.07. The molecular formula is C12H16O. The summed E-state index contributed by atoms with van der Waals surface area (Å²) in [7, 11) is 0. The van der Waals surface area contributed by atoms with Crippen molar-refractivity contribution < 1.29 is 4.74 Å². The summed E-state index contributed by atoms with van der Waals surface area (Å²) in [5.74, 6) is 0.545. The Hall–Kier alpha value is -0.820. The van der Waals surface area contributed by atoms with Crippen molar-refractivity contribution in [1.82, 2.24) is 0 Å². The lowest BCUT2D eigenvalue weighted by atomic mass is 9.94. The van der Waals surface area contributed by atoms with Crippen molar-refractivity contribution in [3.05, 3.63) is 35.9 Å². The van der Waals surface area contributed by atoms with E-state index in [1.165, 1.54) is 18.4 Å². The summed E-state index contributed by atoms with van der Waals surface area (Å²) in [6.07, 6.45) is 2.89. The third-order valence-electron chi connectivity index (χ3n) is 2.85. The molecule has 0 amide bonds. The van der Waals surface area contributed by atoms with Crippen molar-refractivity contribution in [3.63, 3.8) is 0 Å². The molecule has 2 atom stereocenters. The maximum atomic E-state index is 5.67. The van der Waals surface area contributed by atoms with Gasteiger partial charge in [0.2, 0.25) is 0 Å². The smallest absolute Gasteiger partial charge is 0.0641 e. The Balaban J connectivity index is 2.08. The number of benzene rings is 1. The van der Waals surface area contributed by atoms with Gasteiger partial charge in [-0.3, -0.25) is 0 Å². The highest BCUT2D eigenvalue weighted by molar-refractivity contribution is 5.20. The van der Waals surface area contributed by atoms with E-state index in [1.807, 2.05) is 0 Å². The monoisotopic (exact) mass is 176 g/mol. The average molecular weight is 176 g/mol. The standard InChI is InChI=1S/C12H16O/c1-10(12-8-5-9-13-12)11-6-3-2-4-7-11/h2-4,6-7,10,12H,5,8-9H2,1H3/t10-,12-/m1/s1. The van der Waals surface area contributed by atoms with Crippen LogP contribution in [-0.4, -0.2) is 12.7 Å². The average Bonchev–Trinajstić information content (AvgIpc) is 2.71. The van der Waals surface area contributed by atoms with Gasteiger partial charge in [0, 0.05) is 12.5 Å². The van der Waals surface area contributed by atoms with Crippen molar-refractivity contribution >= 4 is 0 Å². The van der Waals surface area contributed by atoms with E-state index in [4.69, 9.17) is 4.74 Å². The fourth-order valence-corrected chi connectivity index (χ4v) is 1.97. The molecule has 0 aromatic heterocycles. The molecule has 1 heterocycles. The van der Waals surface area contributed by atoms with Crippen molar-refractivity contribution in [2.75, 3.05) is 6.61 Å². The van der Waals surface area contributed by atoms with E-state index in [2.05, 4.69) is 37.3 Å². The molecule has 1 heteroatoms. The van der Waals surface area contributed by atoms with Crippen LogP contribution in [0.15, 0.2) is 30.3 Å². The Kier molecular flexibility index (Phi) is 2.65. The summed E-state index contributed by atoms with van der Waals surface area (Å²) in [6, 6.07) is 10.6. The lowest BCUT2D eigenvalue weighted by molar-refractivity contribution is 0.0932. The molecule has 0 spiro atoms. The highest BCUT2D eigenvalue weighted by Crippen LogP contribution is 2.27. The first kappa shape index (κ1) is 8.76. The maximum Gasteiger partial charge on any atom is 0.0641 e. The topological polar surface area (TPSA) is 9.23 Å². The second kappa shape index (κ2) is 3.93. The van der Waals surface area contributed by atoms with E-state index < -0.39 is 0 Å². The first-order valence-corrected chi connectivity index (χ1v) is 5.04. The van der Waals surface area contributed by atoms with Gasteiger partial charge in [-0.15, -0.1) is 0 Å². The zero-order chi connectivity index (χ0) is 9.10. The lowest BCUT2D eigenvalue weighted by Gasteiger charge is -2.18. The molecule has 1 aromatic rings. The lowest BCUT2D eigenvalue weighted by Crippen LogP contribution is -2.14. The molecule has 1 aliphatic rings. The van der Waals surface area contributed by atoms with E-state index in [0.717, 1.165) is 6.61 Å². The summed E-state index contributed by atoms with van der Waals surface area (Å²) < 4.78 is 5.67. The fourth-order valence-electron chi connectivity index (χ4n) is 1.97. The van der Waals surface area contributed by atoms with Gasteiger partial charge in [0.05, 0.1) is 6.10 Å². The van der Waals surface area contributed by atoms with Crippen LogP contribution in [0.3, 0.4) is 0 Å². The predicted molar refractivity (Wildman–Crippen MR) is 53.8 cm³/mol. The molecule has 2 rings (SSSR count). The third kappa shape index (κ3) is 1.92. The Morgan fingerprint density at radius 3 is 2.69 bits per heavy atom. The van der Waals surface area contributed by atoms with Crippen LogP contribution >= 0.6 is 0 Å². The SMILES string of the molecule is C[C@H](c1ccccc1)[C@H]1CCCO1. The largest absolute Gasteiger partial charge is 0.378 e. The van der Waals surface area contributed by atoms with Crippen LogP contribution in [0.1, 0.15) is 31.2 Å². The summed E-state index contributed by atoms with van der Waals surface area (Å²) in [4.78, 5) is 0. The Morgan fingerprint density at radius 2 is 2.08 bits per heavy atom. The van der Waals surface area contributed by atoms with Crippen LogP contribution in [-0.2, 0) is 4.74 Å². The van der Waals surface area contributed by atoms with Crippen LogP contribution in [0.4, 0.5) is 0 Å². The normalized spacial score (nSPS) is 24.5. The van der Waals surface area contributed by atoms with E-state index in [-0.39, 0.29) is 0 Å². The Bertz CT molecular complexity index is 249. The molecule has 1 fully saturated rings. The summed E-state index contributed by atoms with van der Waals surface area (Å²) in [6.45, 7) is 3.20. The second-order valence-electron chi connectivity index (χ2n) is 3.75. The minimum Gasteiger partial charge on any atom is -0.378 e. The van der Waals surface area contributed by atoms with Crippen LogP contribution in [0.25, 0.3) is 0 Å². The van der Waals surface area contributed by atoms with Crippen molar-refractivity contribution in [2.24, 2.45) is 0 Å². The molecule has 0 radical (unpaired) electrons. The maximum absolute atomic E-state index is 5.67. The molecular weight excluding hydrogens is 160 g/mol. The van der Waals surface area contributed by atoms with Crippen molar-refractivity contribution in [2.45, 2.75) is 31.8 Å². The zero-order valence-electron chi connectivity index (χ0n) is 8.07. The second-order valence-corrected chi connectivity index (χ2v) is 3.75. The molecule has 0 N–H and O–H groups in total. The quantitative estimate of drug-likeness (QED) is 0.673. The molecule has 13 heavy (non-hydrogen) atoms. The molecule has 1 aliphatic heterocycles. The summed E-state index contributed by atoms with van der Waals surface area (Å²) in [5.41, 5.74) is 1.40. The van der Waals surface area contributed by atoms with Crippen LogP contribution < -0.4 is 0 Å². The molecule has 70 valence electrons. The van der Waals surface area contributed by atoms with Gasteiger partial charge in [-0.25, -0.2) is 0 Å². The van der Waals surface area contributed by atoms with Gasteiger partial charge in [-0.2, -0.15) is 0 Å². The van der Waals surface area contributed by atoms with Gasteiger partial charge in [0.1, 0.15) is 0 Å². The molecule has 0 bridgehead atoms. The van der Waals surface area contributed by atoms with Crippen molar-refractivity contribution in [1.29, 1.82) is 0 Å². The van der Waals surface area contributed by atoms with Crippen molar-refractivity contribution in [3.8, 4) is 0 Å². The van der Waals surface area contributed by atoms with E-state index in [9.17, 15) is 0 Å². The first-order valence-electron chi connectivity index (χ1n) is 5.04. The van der Waals surface area contributed by atoms with Gasteiger partial charge in [0.15, 0.2) is 0 Å². The first-order chi connectivity index (χ1) is 6.38. The molecule has 0 aliphatic carbocycles. The van der Waals surface area contributed by atoms with Crippen LogP contribution in [0, 0.1) is 0 Å². The number of ether oxygens (including phenoxy) is 1. The Labute approximate surface area is 79.7 Å². The minimum atomic E-state index is 0.447. The van der Waals surface area contributed by atoms with E-state index in [1.54, 1.807) is 0 Å². The molecule has 1 aromatic carbocycles. The van der Waals surface area contributed by atoms with Crippen LogP contribution in [0.5, 0.6) is 0 Å². The Morgan fingerprint density at radius 1 is 1.31 bits per heavy atom. The highest BCUT2D eigenvalue weighted by Gasteiger charge is 2.22. The van der Waals surface area contributed by atoms with Crippen LogP contribution in [0.2, 0.25) is 0 Å². The highest BCUT2D eigenvalue weighted by atomic mass is 16.5. The minimum absolute atomic E-state index is 0.447. The van der Waals surface area contributed by atoms with Gasteiger partial charge < -0.3 is 4.74 Å². The molecule has 0 unspecified atom stereocenters. The fraction of sp³-hybridized carbons (Fsp3) is 0.500. The van der Waals surface area contributed by atoms with Gasteiger partial charge in [-0.1, -0.05) is 37.3 Å². The summed E-state index contributed by atoms with van der Waals surface area (Å²) >= 11 is 0. The van der Waals surface area contributed by atoms with E-state index >= 15 is 0 Å². The molecule has 0 saturated carbocycles. The number of hydrogen-bond acceptors (Lipinski definition) is 1. The molecule has 1 saturated heterocycles. The summed E-state index contributed by atoms with van der Waals surface area (Å²) in [5, 5.41) is 0. The number of hydrogen-bond donors (Lipinski definition) is 0. The van der Waals surface area contributed by atoms with Gasteiger partial charge in [-0.05, 0) is 18.4 Å². The predicted octanol–water partition coefficient (Wildman–Crippen LogP) is 2.97. The third-order valence-corrected chi connectivity index (χ3v) is 2.85. The number of rotatable bonds is 2.